The zero-order valence-corrected chi connectivity index (χ0v) is 14.8. The maximum absolute atomic E-state index is 12.4. The van der Waals surface area contributed by atoms with Gasteiger partial charge in [0.05, 0.1) is 6.54 Å². The minimum absolute atomic E-state index is 0.0200. The SMILES string of the molecule is C=CCC1=C(C(=O)O)N2C(=O)C(NC(=O)CNc3ccccc3)[C@H]2SC1. The first-order valence-electron chi connectivity index (χ1n) is 8.12. The number of carbonyl (C=O) groups excluding carboxylic acids is 2. The molecule has 7 nitrogen and oxygen atoms in total. The monoisotopic (exact) mass is 373 g/mol. The number of thioether (sulfide) groups is 1. The summed E-state index contributed by atoms with van der Waals surface area (Å²) in [6, 6.07) is 8.56. The second-order valence-corrected chi connectivity index (χ2v) is 7.03. The lowest BCUT2D eigenvalue weighted by Gasteiger charge is -2.49. The molecule has 1 saturated heterocycles. The standard InChI is InChI=1S/C18H19N3O4S/c1-2-6-11-10-26-17-14(16(23)21(17)15(11)18(24)25)20-13(22)9-19-12-7-4-3-5-8-12/h2-5,7-8,14,17,19H,1,6,9-10H2,(H,20,22)(H,24,25)/t14?,17-/m1/s1. The predicted octanol–water partition coefficient (Wildman–Crippen LogP) is 1.41. The Morgan fingerprint density at radius 2 is 2.08 bits per heavy atom. The van der Waals surface area contributed by atoms with Gasteiger partial charge in [0.25, 0.3) is 5.91 Å². The van der Waals surface area contributed by atoms with E-state index < -0.39 is 17.9 Å². The molecule has 0 spiro atoms. The number of nitrogens with one attached hydrogen (secondary N) is 2. The summed E-state index contributed by atoms with van der Waals surface area (Å²) in [5.41, 5.74) is 1.49. The van der Waals surface area contributed by atoms with Crippen LogP contribution in [0.2, 0.25) is 0 Å². The van der Waals surface area contributed by atoms with Crippen LogP contribution in [-0.2, 0) is 14.4 Å². The number of rotatable bonds is 7. The number of hydrogen-bond donors (Lipinski definition) is 3. The maximum atomic E-state index is 12.4. The fraction of sp³-hybridized carbons (Fsp3) is 0.278. The third kappa shape index (κ3) is 3.45. The van der Waals surface area contributed by atoms with Crippen LogP contribution in [0.4, 0.5) is 5.69 Å². The molecule has 1 unspecified atom stereocenters. The Morgan fingerprint density at radius 1 is 1.35 bits per heavy atom. The van der Waals surface area contributed by atoms with Crippen LogP contribution in [-0.4, -0.2) is 51.5 Å². The average Bonchev–Trinajstić information content (AvgIpc) is 2.65. The second kappa shape index (κ2) is 7.65. The molecule has 2 atom stereocenters. The van der Waals surface area contributed by atoms with Crippen LogP contribution in [0.15, 0.2) is 54.3 Å². The van der Waals surface area contributed by atoms with Crippen LogP contribution in [0.3, 0.4) is 0 Å². The molecule has 1 fully saturated rings. The molecular weight excluding hydrogens is 354 g/mol. The third-order valence-electron chi connectivity index (χ3n) is 4.18. The Balaban J connectivity index is 1.62. The fourth-order valence-electron chi connectivity index (χ4n) is 2.98. The van der Waals surface area contributed by atoms with Gasteiger partial charge in [-0.2, -0.15) is 0 Å². The van der Waals surface area contributed by atoms with Gasteiger partial charge in [-0.25, -0.2) is 4.79 Å². The van der Waals surface area contributed by atoms with Crippen LogP contribution < -0.4 is 10.6 Å². The molecule has 8 heteroatoms. The lowest BCUT2D eigenvalue weighted by Crippen LogP contribution is -2.70. The second-order valence-electron chi connectivity index (χ2n) is 5.92. The van der Waals surface area contributed by atoms with Crippen molar-refractivity contribution in [3.05, 3.63) is 54.3 Å². The first-order valence-corrected chi connectivity index (χ1v) is 9.17. The summed E-state index contributed by atoms with van der Waals surface area (Å²) in [5, 5.41) is 14.7. The lowest BCUT2D eigenvalue weighted by molar-refractivity contribution is -0.150. The van der Waals surface area contributed by atoms with E-state index in [0.29, 0.717) is 17.7 Å². The van der Waals surface area contributed by atoms with Crippen molar-refractivity contribution in [1.82, 2.24) is 10.2 Å². The highest BCUT2D eigenvalue weighted by Crippen LogP contribution is 2.41. The number of para-hydroxylation sites is 1. The first kappa shape index (κ1) is 18.1. The largest absolute Gasteiger partial charge is 0.477 e. The van der Waals surface area contributed by atoms with E-state index >= 15 is 0 Å². The van der Waals surface area contributed by atoms with E-state index in [2.05, 4.69) is 17.2 Å². The van der Waals surface area contributed by atoms with Crippen molar-refractivity contribution < 1.29 is 19.5 Å². The van der Waals surface area contributed by atoms with Crippen LogP contribution in [0.5, 0.6) is 0 Å². The molecule has 26 heavy (non-hydrogen) atoms. The van der Waals surface area contributed by atoms with Crippen molar-refractivity contribution in [3.8, 4) is 0 Å². The first-order chi connectivity index (χ1) is 12.5. The molecule has 0 aromatic heterocycles. The Morgan fingerprint density at radius 3 is 2.73 bits per heavy atom. The quantitative estimate of drug-likeness (QED) is 0.494. The highest BCUT2D eigenvalue weighted by molar-refractivity contribution is 8.00. The summed E-state index contributed by atoms with van der Waals surface area (Å²) >= 11 is 1.45. The number of aliphatic carboxylic acids is 1. The Kier molecular flexibility index (Phi) is 5.32. The highest BCUT2D eigenvalue weighted by Gasteiger charge is 2.53. The zero-order valence-electron chi connectivity index (χ0n) is 14.0. The highest BCUT2D eigenvalue weighted by atomic mass is 32.2. The normalized spacial score (nSPS) is 21.5. The molecule has 0 radical (unpaired) electrons. The number of carbonyl (C=O) groups is 3. The number of hydrogen-bond acceptors (Lipinski definition) is 5. The Labute approximate surface area is 155 Å². The summed E-state index contributed by atoms with van der Waals surface area (Å²) in [5.74, 6) is -1.34. The van der Waals surface area contributed by atoms with Crippen molar-refractivity contribution >= 4 is 35.2 Å². The molecule has 1 aromatic rings. The molecule has 2 aliphatic rings. The van der Waals surface area contributed by atoms with E-state index in [1.165, 1.54) is 16.7 Å². The third-order valence-corrected chi connectivity index (χ3v) is 5.52. The number of anilines is 1. The van der Waals surface area contributed by atoms with E-state index in [1.54, 1.807) is 6.08 Å². The minimum Gasteiger partial charge on any atom is -0.477 e. The average molecular weight is 373 g/mol. The van der Waals surface area contributed by atoms with Gasteiger partial charge in [0.1, 0.15) is 17.1 Å². The van der Waals surface area contributed by atoms with Crippen molar-refractivity contribution in [3.63, 3.8) is 0 Å². The van der Waals surface area contributed by atoms with Crippen LogP contribution in [0, 0.1) is 0 Å². The summed E-state index contributed by atoms with van der Waals surface area (Å²) in [6.07, 6.45) is 2.04. The number of allylic oxidation sites excluding steroid dienone is 1. The van der Waals surface area contributed by atoms with Gasteiger partial charge >= 0.3 is 5.97 Å². The number of nitrogens with zero attached hydrogens (tertiary/aromatic N) is 1. The summed E-state index contributed by atoms with van der Waals surface area (Å²) < 4.78 is 0. The molecule has 2 heterocycles. The van der Waals surface area contributed by atoms with Gasteiger partial charge in [-0.1, -0.05) is 24.3 Å². The minimum atomic E-state index is -1.13. The van der Waals surface area contributed by atoms with Gasteiger partial charge in [-0.15, -0.1) is 18.3 Å². The molecule has 2 amide bonds. The number of fused-ring (bicyclic) bond motifs is 1. The number of β-lactam (4-membered cyclic amide) rings is 1. The number of amides is 2. The van der Waals surface area contributed by atoms with E-state index in [1.807, 2.05) is 30.3 Å². The van der Waals surface area contributed by atoms with E-state index in [9.17, 15) is 19.5 Å². The summed E-state index contributed by atoms with van der Waals surface area (Å²) in [4.78, 5) is 37.4. The molecule has 0 saturated carbocycles. The van der Waals surface area contributed by atoms with Crippen LogP contribution in [0.1, 0.15) is 6.42 Å². The fourth-order valence-corrected chi connectivity index (χ4v) is 4.34. The topological polar surface area (TPSA) is 98.7 Å². The smallest absolute Gasteiger partial charge is 0.352 e. The molecule has 0 aliphatic carbocycles. The zero-order chi connectivity index (χ0) is 18.7. The molecule has 0 bridgehead atoms. The Hall–Kier alpha value is -2.74. The molecular formula is C18H19N3O4S. The summed E-state index contributed by atoms with van der Waals surface area (Å²) in [6.45, 7) is 3.66. The molecule has 3 rings (SSSR count). The van der Waals surface area contributed by atoms with Gasteiger partial charge in [0.2, 0.25) is 5.91 Å². The summed E-state index contributed by atoms with van der Waals surface area (Å²) in [7, 11) is 0. The van der Waals surface area contributed by atoms with Gasteiger partial charge in [0.15, 0.2) is 0 Å². The van der Waals surface area contributed by atoms with Crippen LogP contribution in [0.25, 0.3) is 0 Å². The number of benzene rings is 1. The van der Waals surface area contributed by atoms with Crippen molar-refractivity contribution in [2.75, 3.05) is 17.6 Å². The molecule has 1 aromatic carbocycles. The van der Waals surface area contributed by atoms with Gasteiger partial charge in [0, 0.05) is 11.4 Å². The van der Waals surface area contributed by atoms with Crippen molar-refractivity contribution in [1.29, 1.82) is 0 Å². The van der Waals surface area contributed by atoms with Crippen molar-refractivity contribution in [2.45, 2.75) is 17.8 Å². The van der Waals surface area contributed by atoms with E-state index in [4.69, 9.17) is 0 Å². The van der Waals surface area contributed by atoms with Gasteiger partial charge < -0.3 is 15.7 Å². The van der Waals surface area contributed by atoms with E-state index in [0.717, 1.165) is 5.69 Å². The van der Waals surface area contributed by atoms with Gasteiger partial charge in [-0.3, -0.25) is 14.5 Å². The molecule has 2 aliphatic heterocycles. The lowest BCUT2D eigenvalue weighted by atomic mass is 10.0. The predicted molar refractivity (Wildman–Crippen MR) is 99.4 cm³/mol. The van der Waals surface area contributed by atoms with E-state index in [-0.39, 0.29) is 23.5 Å². The van der Waals surface area contributed by atoms with Crippen molar-refractivity contribution in [2.24, 2.45) is 0 Å². The maximum Gasteiger partial charge on any atom is 0.352 e. The van der Waals surface area contributed by atoms with Crippen LogP contribution >= 0.6 is 11.8 Å². The molecule has 3 N–H and O–H groups in total. The molecule has 136 valence electrons. The Bertz CT molecular complexity index is 778. The number of carboxylic acid groups (broad SMARTS) is 1. The van der Waals surface area contributed by atoms with Gasteiger partial charge in [-0.05, 0) is 24.1 Å². The number of carboxylic acids is 1.